The van der Waals surface area contributed by atoms with Crippen molar-refractivity contribution in [2.45, 2.75) is 6.61 Å². The molecule has 9 nitrogen and oxygen atoms in total. The molecule has 0 bridgehead atoms. The third kappa shape index (κ3) is 3.18. The Labute approximate surface area is 160 Å². The van der Waals surface area contributed by atoms with Crippen LogP contribution in [-0.4, -0.2) is 30.7 Å². The van der Waals surface area contributed by atoms with Crippen LogP contribution in [0.1, 0.15) is 16.2 Å². The predicted molar refractivity (Wildman–Crippen MR) is 94.7 cm³/mol. The number of carbonyl (C=O) groups is 1. The highest BCUT2D eigenvalue weighted by molar-refractivity contribution is 6.43. The van der Waals surface area contributed by atoms with Crippen LogP contribution in [0.15, 0.2) is 46.1 Å². The van der Waals surface area contributed by atoms with Crippen LogP contribution in [0.2, 0.25) is 10.0 Å². The number of aromatic amines is 1. The number of hydrogen-bond donors (Lipinski definition) is 1. The summed E-state index contributed by atoms with van der Waals surface area (Å²) in [5.41, 5.74) is 0.114. The van der Waals surface area contributed by atoms with Crippen LogP contribution in [-0.2, 0) is 11.3 Å². The van der Waals surface area contributed by atoms with E-state index in [0.717, 1.165) is 0 Å². The molecule has 0 unspecified atom stereocenters. The van der Waals surface area contributed by atoms with Gasteiger partial charge in [-0.25, -0.2) is 9.31 Å². The first kappa shape index (κ1) is 17.3. The number of halogens is 2. The summed E-state index contributed by atoms with van der Waals surface area (Å²) in [6.07, 6.45) is 4.17. The van der Waals surface area contributed by atoms with Gasteiger partial charge in [-0.1, -0.05) is 34.4 Å². The van der Waals surface area contributed by atoms with Gasteiger partial charge in [-0.2, -0.15) is 10.1 Å². The zero-order valence-electron chi connectivity index (χ0n) is 13.3. The number of rotatable bonds is 4. The van der Waals surface area contributed by atoms with Crippen molar-refractivity contribution in [3.63, 3.8) is 0 Å². The summed E-state index contributed by atoms with van der Waals surface area (Å²) in [6, 6.07) is 4.99. The Kier molecular flexibility index (Phi) is 4.38. The van der Waals surface area contributed by atoms with Crippen molar-refractivity contribution in [3.8, 4) is 11.5 Å². The highest BCUT2D eigenvalue weighted by atomic mass is 35.5. The van der Waals surface area contributed by atoms with Gasteiger partial charge in [0.1, 0.15) is 11.1 Å². The van der Waals surface area contributed by atoms with Crippen molar-refractivity contribution in [1.82, 2.24) is 24.7 Å². The summed E-state index contributed by atoms with van der Waals surface area (Å²) >= 11 is 12.1. The van der Waals surface area contributed by atoms with E-state index < -0.39 is 11.5 Å². The number of nitrogens with zero attached hydrogens (tertiary/aromatic N) is 4. The Hall–Kier alpha value is -3.17. The van der Waals surface area contributed by atoms with Gasteiger partial charge >= 0.3 is 5.97 Å². The van der Waals surface area contributed by atoms with Crippen LogP contribution in [0.25, 0.3) is 17.0 Å². The molecule has 136 valence electrons. The van der Waals surface area contributed by atoms with E-state index in [0.29, 0.717) is 10.6 Å². The van der Waals surface area contributed by atoms with E-state index in [9.17, 15) is 9.59 Å². The van der Waals surface area contributed by atoms with E-state index in [1.54, 1.807) is 18.2 Å². The minimum atomic E-state index is -0.742. The molecule has 1 N–H and O–H groups in total. The molecule has 0 atom stereocenters. The molecule has 0 aliphatic rings. The van der Waals surface area contributed by atoms with E-state index in [1.807, 2.05) is 0 Å². The monoisotopic (exact) mass is 405 g/mol. The van der Waals surface area contributed by atoms with E-state index in [2.05, 4.69) is 20.2 Å². The molecule has 4 aromatic rings. The number of aromatic nitrogens is 5. The highest BCUT2D eigenvalue weighted by Gasteiger charge is 2.19. The van der Waals surface area contributed by atoms with E-state index >= 15 is 0 Å². The first-order chi connectivity index (χ1) is 13.0. The normalized spacial score (nSPS) is 11.0. The molecule has 0 radical (unpaired) electrons. The van der Waals surface area contributed by atoms with Crippen LogP contribution in [0.5, 0.6) is 0 Å². The van der Waals surface area contributed by atoms with Crippen molar-refractivity contribution < 1.29 is 14.1 Å². The molecule has 0 aliphatic carbocycles. The minimum absolute atomic E-state index is 0.0263. The van der Waals surface area contributed by atoms with Crippen molar-refractivity contribution in [2.75, 3.05) is 0 Å². The number of ether oxygens (including phenoxy) is 1. The molecule has 4 rings (SSSR count). The van der Waals surface area contributed by atoms with Gasteiger partial charge in [0.2, 0.25) is 5.82 Å². The van der Waals surface area contributed by atoms with Gasteiger partial charge in [0, 0.05) is 12.4 Å². The molecule has 27 heavy (non-hydrogen) atoms. The summed E-state index contributed by atoms with van der Waals surface area (Å²) in [6.45, 7) is -0.261. The second-order valence-corrected chi connectivity index (χ2v) is 6.12. The molecule has 0 amide bonds. The van der Waals surface area contributed by atoms with E-state index in [4.69, 9.17) is 32.5 Å². The lowest BCUT2D eigenvalue weighted by molar-refractivity contribution is 0.0462. The molecular formula is C16H9Cl2N5O4. The Morgan fingerprint density at radius 2 is 2.19 bits per heavy atom. The number of carbonyl (C=O) groups excluding carboxylic acids is 1. The fourth-order valence-corrected chi connectivity index (χ4v) is 2.78. The van der Waals surface area contributed by atoms with Gasteiger partial charge in [0.25, 0.3) is 11.4 Å². The van der Waals surface area contributed by atoms with Crippen LogP contribution in [0.3, 0.4) is 0 Å². The fraction of sp³-hybridized carbons (Fsp3) is 0.0625. The molecular weight excluding hydrogens is 397 g/mol. The molecule has 3 heterocycles. The number of nitrogens with one attached hydrogen (secondary N) is 1. The second kappa shape index (κ2) is 6.86. The lowest BCUT2D eigenvalue weighted by atomic mass is 10.2. The smallest absolute Gasteiger partial charge is 0.342 e. The standard InChI is InChI=1S/C16H9Cl2N5O4/c17-10-3-1-2-8(12(10)18)15-21-11(22-27-15)7-26-16(25)9-6-20-23-5-4-19-14(24)13(9)23/h1-6H,7H2,(H,19,24). The molecule has 0 saturated heterocycles. The lowest BCUT2D eigenvalue weighted by Crippen LogP contribution is -2.13. The summed E-state index contributed by atoms with van der Waals surface area (Å²) in [5.74, 6) is -0.477. The third-order valence-electron chi connectivity index (χ3n) is 3.64. The maximum Gasteiger partial charge on any atom is 0.342 e. The number of esters is 1. The van der Waals surface area contributed by atoms with Crippen molar-refractivity contribution in [3.05, 3.63) is 68.6 Å². The zero-order chi connectivity index (χ0) is 19.0. The van der Waals surface area contributed by atoms with Crippen molar-refractivity contribution in [2.24, 2.45) is 0 Å². The predicted octanol–water partition coefficient (Wildman–Crippen LogP) is 2.74. The third-order valence-corrected chi connectivity index (χ3v) is 4.46. The second-order valence-electron chi connectivity index (χ2n) is 5.33. The molecule has 0 aliphatic heterocycles. The molecule has 0 fully saturated rings. The van der Waals surface area contributed by atoms with Gasteiger partial charge in [-0.05, 0) is 12.1 Å². The van der Waals surface area contributed by atoms with Gasteiger partial charge in [-0.3, -0.25) is 4.79 Å². The summed E-state index contributed by atoms with van der Waals surface area (Å²) < 4.78 is 11.6. The molecule has 1 aromatic carbocycles. The quantitative estimate of drug-likeness (QED) is 0.518. The Balaban J connectivity index is 1.52. The molecule has 3 aromatic heterocycles. The Morgan fingerprint density at radius 3 is 3.04 bits per heavy atom. The first-order valence-corrected chi connectivity index (χ1v) is 8.29. The lowest BCUT2D eigenvalue weighted by Gasteiger charge is -2.00. The maximum absolute atomic E-state index is 12.3. The first-order valence-electron chi connectivity index (χ1n) is 7.53. The highest BCUT2D eigenvalue weighted by Crippen LogP contribution is 2.32. The summed E-state index contributed by atoms with van der Waals surface area (Å²) in [7, 11) is 0. The number of H-pyrrole nitrogens is 1. The van der Waals surface area contributed by atoms with Crippen molar-refractivity contribution in [1.29, 1.82) is 0 Å². The average Bonchev–Trinajstić information content (AvgIpc) is 3.30. The average molecular weight is 406 g/mol. The zero-order valence-corrected chi connectivity index (χ0v) is 14.9. The number of hydrogen-bond acceptors (Lipinski definition) is 7. The van der Waals surface area contributed by atoms with Crippen LogP contribution >= 0.6 is 23.2 Å². The largest absolute Gasteiger partial charge is 0.454 e. The van der Waals surface area contributed by atoms with Crippen LogP contribution < -0.4 is 5.56 Å². The number of benzene rings is 1. The Bertz CT molecular complexity index is 1210. The van der Waals surface area contributed by atoms with Crippen LogP contribution in [0.4, 0.5) is 0 Å². The van der Waals surface area contributed by atoms with Gasteiger partial charge in [-0.15, -0.1) is 0 Å². The number of fused-ring (bicyclic) bond motifs is 1. The topological polar surface area (TPSA) is 115 Å². The van der Waals surface area contributed by atoms with E-state index in [1.165, 1.54) is 23.1 Å². The molecule has 0 spiro atoms. The fourth-order valence-electron chi connectivity index (χ4n) is 2.40. The summed E-state index contributed by atoms with van der Waals surface area (Å²) in [4.78, 5) is 30.7. The minimum Gasteiger partial charge on any atom is -0.454 e. The molecule has 11 heteroatoms. The molecule has 0 saturated carbocycles. The van der Waals surface area contributed by atoms with Gasteiger partial charge < -0.3 is 14.2 Å². The van der Waals surface area contributed by atoms with Gasteiger partial charge in [0.15, 0.2) is 6.61 Å². The SMILES string of the molecule is O=C(OCc1noc(-c2cccc(Cl)c2Cl)n1)c1cnn2cc[nH]c(=O)c12. The van der Waals surface area contributed by atoms with Crippen molar-refractivity contribution >= 4 is 34.7 Å². The van der Waals surface area contributed by atoms with Crippen LogP contribution in [0, 0.1) is 0 Å². The van der Waals surface area contributed by atoms with E-state index in [-0.39, 0.29) is 34.4 Å². The van der Waals surface area contributed by atoms with Gasteiger partial charge in [0.05, 0.1) is 21.8 Å². The Morgan fingerprint density at radius 1 is 1.33 bits per heavy atom. The summed E-state index contributed by atoms with van der Waals surface area (Å²) in [5, 5.41) is 8.30. The maximum atomic E-state index is 12.3.